The highest BCUT2D eigenvalue weighted by molar-refractivity contribution is 5.58. The third kappa shape index (κ3) is 4.41. The molecule has 2 rings (SSSR count). The van der Waals surface area contributed by atoms with E-state index in [2.05, 4.69) is 65.8 Å². The lowest BCUT2D eigenvalue weighted by molar-refractivity contribution is 1.00. The van der Waals surface area contributed by atoms with Crippen molar-refractivity contribution in [3.63, 3.8) is 0 Å². The number of azo groups is 1. The summed E-state index contributed by atoms with van der Waals surface area (Å²) in [5.41, 5.74) is 10.2. The quantitative estimate of drug-likeness (QED) is 0.441. The molecule has 0 unspecified atom stereocenters. The van der Waals surface area contributed by atoms with Crippen molar-refractivity contribution in [2.24, 2.45) is 10.2 Å². The summed E-state index contributed by atoms with van der Waals surface area (Å²) in [6, 6.07) is 9.20. The zero-order chi connectivity index (χ0) is 19.1. The summed E-state index contributed by atoms with van der Waals surface area (Å²) in [5.74, 6) is 0. The van der Waals surface area contributed by atoms with Crippen LogP contribution in [-0.2, 0) is 38.5 Å². The SMILES string of the molecule is CCc1cc(CC)c(N=Nc2c(CC)cc(CC)cc2CC)c(CC)c1. The molecular formula is C24H34N2. The number of rotatable bonds is 8. The van der Waals surface area contributed by atoms with E-state index in [1.807, 2.05) is 0 Å². The second kappa shape index (κ2) is 9.66. The van der Waals surface area contributed by atoms with Gasteiger partial charge in [0.15, 0.2) is 0 Å². The summed E-state index contributed by atoms with van der Waals surface area (Å²) in [6.07, 6.45) is 6.10. The highest BCUT2D eigenvalue weighted by Crippen LogP contribution is 2.33. The third-order valence-corrected chi connectivity index (χ3v) is 5.25. The van der Waals surface area contributed by atoms with Crippen molar-refractivity contribution >= 4 is 11.4 Å². The molecule has 0 aliphatic carbocycles. The second-order valence-corrected chi connectivity index (χ2v) is 6.85. The van der Waals surface area contributed by atoms with Gasteiger partial charge in [-0.25, -0.2) is 0 Å². The molecule has 0 N–H and O–H groups in total. The van der Waals surface area contributed by atoms with Gasteiger partial charge in [-0.05, 0) is 71.9 Å². The number of benzene rings is 2. The lowest BCUT2D eigenvalue weighted by Crippen LogP contribution is -1.94. The van der Waals surface area contributed by atoms with Crippen LogP contribution >= 0.6 is 0 Å². The summed E-state index contributed by atoms with van der Waals surface area (Å²) >= 11 is 0. The fourth-order valence-electron chi connectivity index (χ4n) is 3.51. The van der Waals surface area contributed by atoms with Crippen molar-refractivity contribution in [2.45, 2.75) is 80.1 Å². The molecule has 0 aromatic heterocycles. The van der Waals surface area contributed by atoms with E-state index >= 15 is 0 Å². The lowest BCUT2D eigenvalue weighted by atomic mass is 9.98. The Labute approximate surface area is 159 Å². The Bertz CT molecular complexity index is 656. The van der Waals surface area contributed by atoms with Gasteiger partial charge in [-0.2, -0.15) is 0 Å². The first-order valence-corrected chi connectivity index (χ1v) is 10.3. The van der Waals surface area contributed by atoms with Crippen LogP contribution in [0.4, 0.5) is 11.4 Å². The van der Waals surface area contributed by atoms with Crippen LogP contribution in [0.25, 0.3) is 0 Å². The molecular weight excluding hydrogens is 316 g/mol. The van der Waals surface area contributed by atoms with Gasteiger partial charge >= 0.3 is 0 Å². The van der Waals surface area contributed by atoms with Gasteiger partial charge < -0.3 is 0 Å². The predicted molar refractivity (Wildman–Crippen MR) is 113 cm³/mol. The van der Waals surface area contributed by atoms with Gasteiger partial charge in [0, 0.05) is 0 Å². The summed E-state index contributed by atoms with van der Waals surface area (Å²) in [5, 5.41) is 9.58. The van der Waals surface area contributed by atoms with Crippen LogP contribution in [0.5, 0.6) is 0 Å². The van der Waals surface area contributed by atoms with Gasteiger partial charge in [0.05, 0.1) is 11.4 Å². The second-order valence-electron chi connectivity index (χ2n) is 6.85. The molecule has 2 nitrogen and oxygen atoms in total. The summed E-state index contributed by atoms with van der Waals surface area (Å²) in [4.78, 5) is 0. The van der Waals surface area contributed by atoms with Crippen molar-refractivity contribution in [1.82, 2.24) is 0 Å². The molecule has 26 heavy (non-hydrogen) atoms. The molecule has 0 amide bonds. The zero-order valence-corrected chi connectivity index (χ0v) is 17.4. The summed E-state index contributed by atoms with van der Waals surface area (Å²) in [6.45, 7) is 13.3. The number of nitrogens with zero attached hydrogens (tertiary/aromatic N) is 2. The van der Waals surface area contributed by atoms with Gasteiger partial charge in [-0.15, -0.1) is 10.2 Å². The average molecular weight is 351 g/mol. The van der Waals surface area contributed by atoms with Crippen LogP contribution in [0.3, 0.4) is 0 Å². The van der Waals surface area contributed by atoms with Crippen LogP contribution in [-0.4, -0.2) is 0 Å². The maximum absolute atomic E-state index is 4.79. The Balaban J connectivity index is 2.57. The van der Waals surface area contributed by atoms with Crippen molar-refractivity contribution < 1.29 is 0 Å². The summed E-state index contributed by atoms with van der Waals surface area (Å²) in [7, 11) is 0. The molecule has 0 spiro atoms. The Kier molecular flexibility index (Phi) is 7.56. The Morgan fingerprint density at radius 1 is 0.462 bits per heavy atom. The Morgan fingerprint density at radius 3 is 0.923 bits per heavy atom. The molecule has 0 saturated heterocycles. The maximum atomic E-state index is 4.79. The van der Waals surface area contributed by atoms with Gasteiger partial charge in [0.2, 0.25) is 0 Å². The molecule has 0 aliphatic heterocycles. The van der Waals surface area contributed by atoms with E-state index in [9.17, 15) is 0 Å². The third-order valence-electron chi connectivity index (χ3n) is 5.25. The average Bonchev–Trinajstić information content (AvgIpc) is 2.70. The molecule has 2 aromatic carbocycles. The smallest absolute Gasteiger partial charge is 0.0920 e. The van der Waals surface area contributed by atoms with Crippen molar-refractivity contribution in [1.29, 1.82) is 0 Å². The first-order chi connectivity index (χ1) is 12.6. The molecule has 0 radical (unpaired) electrons. The van der Waals surface area contributed by atoms with E-state index in [4.69, 9.17) is 10.2 Å². The molecule has 0 atom stereocenters. The van der Waals surface area contributed by atoms with Crippen LogP contribution in [0, 0.1) is 0 Å². The van der Waals surface area contributed by atoms with E-state index in [0.29, 0.717) is 0 Å². The van der Waals surface area contributed by atoms with E-state index in [1.165, 1.54) is 33.4 Å². The van der Waals surface area contributed by atoms with E-state index < -0.39 is 0 Å². The molecule has 2 aromatic rings. The van der Waals surface area contributed by atoms with Gasteiger partial charge in [-0.1, -0.05) is 65.8 Å². The molecule has 0 bridgehead atoms. The molecule has 0 heterocycles. The lowest BCUT2D eigenvalue weighted by Gasteiger charge is -2.13. The number of hydrogen-bond donors (Lipinski definition) is 0. The van der Waals surface area contributed by atoms with Crippen molar-refractivity contribution in [3.05, 3.63) is 57.6 Å². The van der Waals surface area contributed by atoms with Gasteiger partial charge in [-0.3, -0.25) is 0 Å². The number of hydrogen-bond acceptors (Lipinski definition) is 2. The molecule has 0 fully saturated rings. The molecule has 0 saturated carbocycles. The van der Waals surface area contributed by atoms with E-state index in [0.717, 1.165) is 49.9 Å². The van der Waals surface area contributed by atoms with Crippen molar-refractivity contribution in [2.75, 3.05) is 0 Å². The van der Waals surface area contributed by atoms with Crippen LogP contribution in [0.2, 0.25) is 0 Å². The number of aryl methyl sites for hydroxylation is 6. The molecule has 2 heteroatoms. The highest BCUT2D eigenvalue weighted by Gasteiger charge is 2.11. The largest absolute Gasteiger partial charge is 0.150 e. The summed E-state index contributed by atoms with van der Waals surface area (Å²) < 4.78 is 0. The zero-order valence-electron chi connectivity index (χ0n) is 17.4. The van der Waals surface area contributed by atoms with E-state index in [1.54, 1.807) is 0 Å². The normalized spacial score (nSPS) is 11.5. The minimum atomic E-state index is 0.991. The Hall–Kier alpha value is -1.96. The standard InChI is InChI=1S/C24H34N2/c1-7-17-13-19(9-3)23(20(10-4)14-17)25-26-24-21(11-5)15-18(8-2)16-22(24)12-6/h13-16H,7-12H2,1-6H3. The molecule has 140 valence electrons. The minimum absolute atomic E-state index is 0.991. The van der Waals surface area contributed by atoms with Crippen molar-refractivity contribution in [3.8, 4) is 0 Å². The molecule has 0 aliphatic rings. The predicted octanol–water partition coefficient (Wildman–Crippen LogP) is 7.48. The first-order valence-electron chi connectivity index (χ1n) is 10.3. The monoisotopic (exact) mass is 350 g/mol. The maximum Gasteiger partial charge on any atom is 0.0920 e. The van der Waals surface area contributed by atoms with Gasteiger partial charge in [0.25, 0.3) is 0 Å². The topological polar surface area (TPSA) is 24.7 Å². The van der Waals surface area contributed by atoms with Gasteiger partial charge in [0.1, 0.15) is 0 Å². The first kappa shape index (κ1) is 20.4. The minimum Gasteiger partial charge on any atom is -0.150 e. The van der Waals surface area contributed by atoms with Crippen LogP contribution in [0.1, 0.15) is 74.9 Å². The Morgan fingerprint density at radius 2 is 0.731 bits per heavy atom. The van der Waals surface area contributed by atoms with Crippen LogP contribution in [0.15, 0.2) is 34.5 Å². The highest BCUT2D eigenvalue weighted by atomic mass is 15.1. The van der Waals surface area contributed by atoms with E-state index in [-0.39, 0.29) is 0 Å². The fourth-order valence-corrected chi connectivity index (χ4v) is 3.51. The fraction of sp³-hybridized carbons (Fsp3) is 0.500. The van der Waals surface area contributed by atoms with Crippen LogP contribution < -0.4 is 0 Å².